The molecule has 1 saturated carbocycles. The average molecular weight is 452 g/mol. The first-order valence-corrected chi connectivity index (χ1v) is 11.0. The Morgan fingerprint density at radius 3 is 2.70 bits per heavy atom. The third kappa shape index (κ3) is 5.60. The molecule has 3 aromatic rings. The fraction of sp³-hybridized carbons (Fsp3) is 0.375. The maximum absolute atomic E-state index is 15.0. The van der Waals surface area contributed by atoms with Crippen molar-refractivity contribution in [3.05, 3.63) is 80.8 Å². The lowest BCUT2D eigenvalue weighted by atomic mass is 9.95. The van der Waals surface area contributed by atoms with Crippen LogP contribution in [0.25, 0.3) is 5.57 Å². The van der Waals surface area contributed by atoms with Crippen molar-refractivity contribution < 1.29 is 14.3 Å². The molecule has 0 radical (unpaired) electrons. The van der Waals surface area contributed by atoms with E-state index < -0.39 is 5.97 Å². The molecular formula is C24H26FN5O3. The highest BCUT2D eigenvalue weighted by Gasteiger charge is 2.26. The summed E-state index contributed by atoms with van der Waals surface area (Å²) in [6.07, 6.45) is 4.80. The van der Waals surface area contributed by atoms with Gasteiger partial charge in [-0.2, -0.15) is 4.80 Å². The molecular weight excluding hydrogens is 425 g/mol. The van der Waals surface area contributed by atoms with Gasteiger partial charge in [-0.15, -0.1) is 10.2 Å². The number of carboxylic acids is 1. The number of rotatable bonds is 9. The van der Waals surface area contributed by atoms with E-state index in [4.69, 9.17) is 5.11 Å². The van der Waals surface area contributed by atoms with Crippen LogP contribution in [0, 0.1) is 11.7 Å². The van der Waals surface area contributed by atoms with E-state index in [1.807, 2.05) is 38.1 Å². The molecule has 8 nitrogen and oxygen atoms in total. The summed E-state index contributed by atoms with van der Waals surface area (Å²) in [5.41, 5.74) is 3.38. The number of allylic oxidation sites excluding steroid dienone is 1. The van der Waals surface area contributed by atoms with Crippen LogP contribution in [0.4, 0.5) is 4.39 Å². The van der Waals surface area contributed by atoms with E-state index in [0.717, 1.165) is 28.8 Å². The van der Waals surface area contributed by atoms with Gasteiger partial charge in [0.05, 0.1) is 0 Å². The largest absolute Gasteiger partial charge is 0.480 e. The molecule has 0 unspecified atom stereocenters. The highest BCUT2D eigenvalue weighted by molar-refractivity contribution is 5.78. The SMILES string of the molecule is CC(C)/C=C(\c1ccc(CCc2nnn(CC(=O)O)n2)c(F)c1)c1ccc(C2CC2)c(=O)[nH]1. The van der Waals surface area contributed by atoms with Crippen molar-refractivity contribution in [2.45, 2.75) is 52.0 Å². The van der Waals surface area contributed by atoms with E-state index in [-0.39, 0.29) is 23.8 Å². The fourth-order valence-electron chi connectivity index (χ4n) is 3.76. The maximum Gasteiger partial charge on any atom is 0.327 e. The first-order valence-electron chi connectivity index (χ1n) is 11.0. The quantitative estimate of drug-likeness (QED) is 0.516. The number of hydrogen-bond acceptors (Lipinski definition) is 5. The molecule has 0 spiro atoms. The topological polar surface area (TPSA) is 114 Å². The lowest BCUT2D eigenvalue weighted by Crippen LogP contribution is -2.13. The summed E-state index contributed by atoms with van der Waals surface area (Å²) < 4.78 is 15.0. The number of aliphatic carboxylic acids is 1. The summed E-state index contributed by atoms with van der Waals surface area (Å²) in [6, 6.07) is 8.83. The number of H-pyrrole nitrogens is 1. The van der Waals surface area contributed by atoms with Gasteiger partial charge in [0.25, 0.3) is 5.56 Å². The zero-order chi connectivity index (χ0) is 23.5. The molecule has 4 rings (SSSR count). The Hall–Kier alpha value is -3.62. The number of aromatic amines is 1. The number of halogens is 1. The first kappa shape index (κ1) is 22.6. The fourth-order valence-corrected chi connectivity index (χ4v) is 3.76. The van der Waals surface area contributed by atoms with Crippen molar-refractivity contribution in [3.8, 4) is 0 Å². The number of benzene rings is 1. The minimum atomic E-state index is -1.06. The summed E-state index contributed by atoms with van der Waals surface area (Å²) >= 11 is 0. The van der Waals surface area contributed by atoms with E-state index in [1.54, 1.807) is 6.07 Å². The number of carboxylic acid groups (broad SMARTS) is 1. The van der Waals surface area contributed by atoms with Gasteiger partial charge in [-0.3, -0.25) is 9.59 Å². The van der Waals surface area contributed by atoms with Crippen molar-refractivity contribution in [3.63, 3.8) is 0 Å². The molecule has 0 bridgehead atoms. The van der Waals surface area contributed by atoms with Crippen LogP contribution in [0.15, 0.2) is 41.2 Å². The Morgan fingerprint density at radius 1 is 1.27 bits per heavy atom. The van der Waals surface area contributed by atoms with Crippen molar-refractivity contribution in [1.29, 1.82) is 0 Å². The zero-order valence-electron chi connectivity index (χ0n) is 18.6. The second kappa shape index (κ2) is 9.48. The van der Waals surface area contributed by atoms with Gasteiger partial charge in [0.1, 0.15) is 5.82 Å². The van der Waals surface area contributed by atoms with E-state index in [2.05, 4.69) is 20.4 Å². The molecule has 9 heteroatoms. The van der Waals surface area contributed by atoms with Crippen LogP contribution in [0.1, 0.15) is 60.8 Å². The molecule has 1 fully saturated rings. The molecule has 0 saturated heterocycles. The minimum Gasteiger partial charge on any atom is -0.480 e. The molecule has 172 valence electrons. The average Bonchev–Trinajstić information content (AvgIpc) is 3.50. The summed E-state index contributed by atoms with van der Waals surface area (Å²) in [6.45, 7) is 3.70. The lowest BCUT2D eigenvalue weighted by molar-refractivity contribution is -0.138. The van der Waals surface area contributed by atoms with E-state index in [9.17, 15) is 14.0 Å². The molecule has 2 N–H and O–H groups in total. The molecule has 33 heavy (non-hydrogen) atoms. The zero-order valence-corrected chi connectivity index (χ0v) is 18.6. The van der Waals surface area contributed by atoms with Crippen LogP contribution in [0.5, 0.6) is 0 Å². The molecule has 2 heterocycles. The van der Waals surface area contributed by atoms with E-state index >= 15 is 0 Å². The van der Waals surface area contributed by atoms with Crippen LogP contribution >= 0.6 is 0 Å². The monoisotopic (exact) mass is 451 g/mol. The van der Waals surface area contributed by atoms with Gasteiger partial charge in [-0.1, -0.05) is 38.1 Å². The van der Waals surface area contributed by atoms with Crippen LogP contribution in [0.3, 0.4) is 0 Å². The molecule has 1 aliphatic carbocycles. The van der Waals surface area contributed by atoms with E-state index in [1.165, 1.54) is 6.07 Å². The third-order valence-corrected chi connectivity index (χ3v) is 5.50. The highest BCUT2D eigenvalue weighted by atomic mass is 19.1. The van der Waals surface area contributed by atoms with Gasteiger partial charge in [-0.05, 0) is 59.6 Å². The summed E-state index contributed by atoms with van der Waals surface area (Å²) in [7, 11) is 0. The maximum atomic E-state index is 15.0. The smallest absolute Gasteiger partial charge is 0.327 e. The number of carbonyl (C=O) groups is 1. The molecule has 0 aliphatic heterocycles. The Bertz CT molecular complexity index is 1260. The summed E-state index contributed by atoms with van der Waals surface area (Å²) in [5, 5.41) is 20.3. The van der Waals surface area contributed by atoms with E-state index in [0.29, 0.717) is 41.4 Å². The number of aryl methyl sites for hydroxylation is 2. The summed E-state index contributed by atoms with van der Waals surface area (Å²) in [4.78, 5) is 27.2. The number of nitrogens with zero attached hydrogens (tertiary/aromatic N) is 4. The van der Waals surface area contributed by atoms with Gasteiger partial charge in [-0.25, -0.2) is 4.39 Å². The van der Waals surface area contributed by atoms with Crippen LogP contribution < -0.4 is 5.56 Å². The van der Waals surface area contributed by atoms with Crippen molar-refractivity contribution in [2.24, 2.45) is 5.92 Å². The Labute approximate surface area is 190 Å². The number of aromatic nitrogens is 5. The van der Waals surface area contributed by atoms with Gasteiger partial charge in [0.2, 0.25) is 0 Å². The molecule has 0 amide bonds. The number of hydrogen-bond donors (Lipinski definition) is 2. The van der Waals surface area contributed by atoms with Crippen molar-refractivity contribution in [1.82, 2.24) is 25.2 Å². The predicted molar refractivity (Wildman–Crippen MR) is 120 cm³/mol. The molecule has 1 aromatic carbocycles. The minimum absolute atomic E-state index is 0.0785. The Morgan fingerprint density at radius 2 is 2.06 bits per heavy atom. The number of pyridine rings is 1. The van der Waals surface area contributed by atoms with Crippen molar-refractivity contribution >= 4 is 11.5 Å². The Balaban J connectivity index is 1.54. The highest BCUT2D eigenvalue weighted by Crippen LogP contribution is 2.38. The first-order chi connectivity index (χ1) is 15.8. The predicted octanol–water partition coefficient (Wildman–Crippen LogP) is 3.34. The molecule has 1 aliphatic rings. The van der Waals surface area contributed by atoms with Gasteiger partial charge in [0, 0.05) is 23.3 Å². The third-order valence-electron chi connectivity index (χ3n) is 5.50. The van der Waals surface area contributed by atoms with Gasteiger partial charge in [0.15, 0.2) is 12.4 Å². The van der Waals surface area contributed by atoms with Crippen LogP contribution in [-0.4, -0.2) is 36.3 Å². The second-order valence-electron chi connectivity index (χ2n) is 8.69. The molecule has 0 atom stereocenters. The van der Waals surface area contributed by atoms with Crippen LogP contribution in [0.2, 0.25) is 0 Å². The number of tetrazole rings is 1. The normalized spacial score (nSPS) is 14.1. The molecule has 2 aromatic heterocycles. The van der Waals surface area contributed by atoms with Gasteiger partial charge >= 0.3 is 5.97 Å². The number of nitrogens with one attached hydrogen (secondary N) is 1. The van der Waals surface area contributed by atoms with Crippen molar-refractivity contribution in [2.75, 3.05) is 0 Å². The summed E-state index contributed by atoms with van der Waals surface area (Å²) in [5.74, 6) is -0.508. The lowest BCUT2D eigenvalue weighted by Gasteiger charge is -2.13. The Kier molecular flexibility index (Phi) is 6.48. The van der Waals surface area contributed by atoms with Gasteiger partial charge < -0.3 is 10.1 Å². The second-order valence-corrected chi connectivity index (χ2v) is 8.69. The van der Waals surface area contributed by atoms with Crippen LogP contribution in [-0.2, 0) is 24.2 Å². The standard InChI is InChI=1S/C24H26FN5O3/c1-14(2)11-19(21-9-8-18(15-3-4-15)24(33)26-21)17-6-5-16(20(25)12-17)7-10-22-27-29-30(28-22)13-23(31)32/h5-6,8-9,11-12,14-15H,3-4,7,10,13H2,1-2H3,(H,26,33)(H,31,32)/b19-11+.